The maximum atomic E-state index is 11.4. The van der Waals surface area contributed by atoms with E-state index in [4.69, 9.17) is 41.0 Å². The third kappa shape index (κ3) is 11.6. The maximum absolute atomic E-state index is 11.4. The third-order valence-electron chi connectivity index (χ3n) is 4.79. The van der Waals surface area contributed by atoms with E-state index in [1.807, 2.05) is 0 Å². The molecule has 0 aliphatic rings. The molecule has 4 rings (SSSR count). The second-order valence-electron chi connectivity index (χ2n) is 7.59. The molecule has 12 nitrogen and oxygen atoms in total. The molecule has 14 heteroatoms. The van der Waals surface area contributed by atoms with Gasteiger partial charge in [-0.3, -0.25) is 0 Å². The number of benzene rings is 2. The van der Waals surface area contributed by atoms with Gasteiger partial charge in [0.15, 0.2) is 11.4 Å². The van der Waals surface area contributed by atoms with Crippen molar-refractivity contribution in [1.82, 2.24) is 9.97 Å². The molecular weight excluding hydrogens is 559 g/mol. The average molecular weight is 591 g/mol. The SMILES string of the molecule is C.CCOC(=O)c1coc(-c2ccc(CO)cc2)n1.CCOC(=O)c1coc(Cl)n1.OCc1ccc(B(O)O)cc1. The summed E-state index contributed by atoms with van der Waals surface area (Å²) in [4.78, 5) is 29.9. The van der Waals surface area contributed by atoms with Crippen molar-refractivity contribution in [3.8, 4) is 11.5 Å². The molecule has 4 aromatic rings. The van der Waals surface area contributed by atoms with Crippen molar-refractivity contribution in [1.29, 1.82) is 0 Å². The van der Waals surface area contributed by atoms with E-state index in [9.17, 15) is 9.59 Å². The molecule has 0 saturated heterocycles. The van der Waals surface area contributed by atoms with Crippen LogP contribution in [0.4, 0.5) is 0 Å². The van der Waals surface area contributed by atoms with Crippen molar-refractivity contribution in [2.75, 3.05) is 13.2 Å². The summed E-state index contributed by atoms with van der Waals surface area (Å²) in [5.41, 5.74) is 2.98. The topological polar surface area (TPSA) is 186 Å². The van der Waals surface area contributed by atoms with Gasteiger partial charge in [-0.2, -0.15) is 4.98 Å². The van der Waals surface area contributed by atoms with E-state index in [-0.39, 0.29) is 37.4 Å². The van der Waals surface area contributed by atoms with Gasteiger partial charge in [0.25, 0.3) is 5.35 Å². The molecule has 0 aliphatic carbocycles. The largest absolute Gasteiger partial charge is 0.488 e. The van der Waals surface area contributed by atoms with Crippen LogP contribution in [0.1, 0.15) is 53.4 Å². The fourth-order valence-electron chi connectivity index (χ4n) is 2.80. The lowest BCUT2D eigenvalue weighted by molar-refractivity contribution is 0.0510. The number of carbonyl (C=O) groups excluding carboxylic acids is 2. The molecule has 0 spiro atoms. The third-order valence-corrected chi connectivity index (χ3v) is 4.97. The molecule has 2 aromatic carbocycles. The van der Waals surface area contributed by atoms with Gasteiger partial charge < -0.3 is 38.6 Å². The molecular formula is C27H32BClN2O10. The van der Waals surface area contributed by atoms with Gasteiger partial charge in [-0.1, -0.05) is 43.8 Å². The van der Waals surface area contributed by atoms with E-state index in [2.05, 4.69) is 19.1 Å². The van der Waals surface area contributed by atoms with Gasteiger partial charge in [-0.05, 0) is 54.2 Å². The Morgan fingerprint density at radius 2 is 1.27 bits per heavy atom. The smallest absolute Gasteiger partial charge is 0.461 e. The molecule has 2 heterocycles. The van der Waals surface area contributed by atoms with Crippen LogP contribution in [0.15, 0.2) is 69.9 Å². The number of rotatable bonds is 8. The molecule has 41 heavy (non-hydrogen) atoms. The second-order valence-corrected chi connectivity index (χ2v) is 7.92. The van der Waals surface area contributed by atoms with Crippen LogP contribution in [-0.4, -0.2) is 62.5 Å². The summed E-state index contributed by atoms with van der Waals surface area (Å²) in [6.07, 6.45) is 2.42. The van der Waals surface area contributed by atoms with Gasteiger partial charge in [0.05, 0.1) is 26.4 Å². The summed E-state index contributed by atoms with van der Waals surface area (Å²) < 4.78 is 19.2. The Kier molecular flexibility index (Phi) is 15.7. The Balaban J connectivity index is 0.000000320. The molecule has 0 aliphatic heterocycles. The van der Waals surface area contributed by atoms with Gasteiger partial charge in [0.2, 0.25) is 5.89 Å². The summed E-state index contributed by atoms with van der Waals surface area (Å²) in [6.45, 7) is 4.00. The van der Waals surface area contributed by atoms with Gasteiger partial charge in [0, 0.05) is 5.56 Å². The highest BCUT2D eigenvalue weighted by molar-refractivity contribution is 6.58. The number of hydrogen-bond acceptors (Lipinski definition) is 12. The summed E-state index contributed by atoms with van der Waals surface area (Å²) in [7, 11) is -1.43. The van der Waals surface area contributed by atoms with Crippen LogP contribution >= 0.6 is 11.6 Å². The van der Waals surface area contributed by atoms with E-state index in [0.717, 1.165) is 23.0 Å². The Morgan fingerprint density at radius 1 is 0.805 bits per heavy atom. The number of ether oxygens (including phenoxy) is 2. The summed E-state index contributed by atoms with van der Waals surface area (Å²) >= 11 is 5.32. The van der Waals surface area contributed by atoms with Crippen molar-refractivity contribution in [2.24, 2.45) is 0 Å². The molecule has 0 bridgehead atoms. The number of esters is 2. The molecule has 0 fully saturated rings. The highest BCUT2D eigenvalue weighted by atomic mass is 35.5. The predicted molar refractivity (Wildman–Crippen MR) is 150 cm³/mol. The highest BCUT2D eigenvalue weighted by Gasteiger charge is 2.14. The van der Waals surface area contributed by atoms with Crippen molar-refractivity contribution in [3.05, 3.63) is 88.9 Å². The van der Waals surface area contributed by atoms with E-state index < -0.39 is 19.1 Å². The molecule has 220 valence electrons. The minimum atomic E-state index is -1.43. The molecule has 0 saturated carbocycles. The zero-order valence-electron chi connectivity index (χ0n) is 21.7. The van der Waals surface area contributed by atoms with Crippen molar-refractivity contribution in [2.45, 2.75) is 34.5 Å². The number of aliphatic hydroxyl groups is 2. The molecule has 0 amide bonds. The van der Waals surface area contributed by atoms with Crippen molar-refractivity contribution in [3.63, 3.8) is 0 Å². The monoisotopic (exact) mass is 590 g/mol. The summed E-state index contributed by atoms with van der Waals surface area (Å²) in [5.74, 6) is -0.676. The highest BCUT2D eigenvalue weighted by Crippen LogP contribution is 2.19. The summed E-state index contributed by atoms with van der Waals surface area (Å²) in [5, 5.41) is 34.9. The minimum Gasteiger partial charge on any atom is -0.461 e. The second kappa shape index (κ2) is 18.4. The Morgan fingerprint density at radius 3 is 1.68 bits per heavy atom. The molecule has 2 aromatic heterocycles. The first-order valence-corrected chi connectivity index (χ1v) is 12.3. The van der Waals surface area contributed by atoms with Crippen LogP contribution in [0, 0.1) is 0 Å². The van der Waals surface area contributed by atoms with Gasteiger partial charge in [0.1, 0.15) is 12.5 Å². The van der Waals surface area contributed by atoms with Crippen LogP contribution < -0.4 is 5.46 Å². The van der Waals surface area contributed by atoms with Gasteiger partial charge in [-0.15, -0.1) is 0 Å². The first-order valence-electron chi connectivity index (χ1n) is 11.9. The number of carbonyl (C=O) groups is 2. The van der Waals surface area contributed by atoms with Crippen LogP contribution in [0.3, 0.4) is 0 Å². The van der Waals surface area contributed by atoms with Crippen molar-refractivity contribution >= 4 is 36.1 Å². The fourth-order valence-corrected chi connectivity index (χ4v) is 2.94. The molecule has 0 radical (unpaired) electrons. The number of aliphatic hydroxyl groups excluding tert-OH is 2. The maximum Gasteiger partial charge on any atom is 0.488 e. The number of halogens is 1. The lowest BCUT2D eigenvalue weighted by atomic mass is 9.80. The quantitative estimate of drug-likeness (QED) is 0.174. The molecule has 0 atom stereocenters. The number of aromatic nitrogens is 2. The first kappa shape index (κ1) is 35.0. The van der Waals surface area contributed by atoms with Crippen LogP contribution in [-0.2, 0) is 22.7 Å². The van der Waals surface area contributed by atoms with Crippen LogP contribution in [0.2, 0.25) is 5.35 Å². The zero-order valence-corrected chi connectivity index (χ0v) is 22.4. The number of oxazole rings is 2. The standard InChI is InChI=1S/C13H13NO4.C7H9BO3.C6H6ClNO3.CH4/c1-2-17-13(16)11-8-18-12(14-11)10-5-3-9(7-15)4-6-10;9-5-6-1-3-7(4-2-6)8(10)11;1-2-10-5(9)4-3-11-6(7)8-4;/h3-6,8,15H,2,7H2,1H3;1-4,9-11H,5H2;3H,2H2,1H3;1H4. The first-order chi connectivity index (χ1) is 19.2. The van der Waals surface area contributed by atoms with Gasteiger partial charge in [-0.25, -0.2) is 14.6 Å². The lowest BCUT2D eigenvalue weighted by Gasteiger charge is -1.99. The van der Waals surface area contributed by atoms with E-state index in [1.165, 1.54) is 6.26 Å². The number of hydrogen-bond donors (Lipinski definition) is 4. The van der Waals surface area contributed by atoms with Crippen molar-refractivity contribution < 1.29 is 48.2 Å². The molecule has 4 N–H and O–H groups in total. The molecule has 0 unspecified atom stereocenters. The summed E-state index contributed by atoms with van der Waals surface area (Å²) in [6, 6.07) is 13.5. The van der Waals surface area contributed by atoms with Gasteiger partial charge >= 0.3 is 19.1 Å². The van der Waals surface area contributed by atoms with E-state index >= 15 is 0 Å². The van der Waals surface area contributed by atoms with E-state index in [1.54, 1.807) is 62.4 Å². The van der Waals surface area contributed by atoms with Crippen LogP contribution in [0.5, 0.6) is 0 Å². The zero-order chi connectivity index (χ0) is 29.5. The Bertz CT molecular complexity index is 1320. The Hall–Kier alpha value is -4.01. The minimum absolute atomic E-state index is 0. The average Bonchev–Trinajstić information content (AvgIpc) is 3.64. The Labute approximate surface area is 242 Å². The van der Waals surface area contributed by atoms with E-state index in [0.29, 0.717) is 24.6 Å². The normalized spacial score (nSPS) is 9.73. The predicted octanol–water partition coefficient (Wildman–Crippen LogP) is 3.01. The number of nitrogens with zero attached hydrogens (tertiary/aromatic N) is 2. The van der Waals surface area contributed by atoms with Crippen LogP contribution in [0.25, 0.3) is 11.5 Å². The lowest BCUT2D eigenvalue weighted by Crippen LogP contribution is -2.29. The fraction of sp³-hybridized carbons (Fsp3) is 0.259.